The first kappa shape index (κ1) is 27.8. The van der Waals surface area contributed by atoms with Crippen molar-refractivity contribution in [2.24, 2.45) is 0 Å². The fourth-order valence-electron chi connectivity index (χ4n) is 4.89. The van der Waals surface area contributed by atoms with E-state index < -0.39 is 11.7 Å². The van der Waals surface area contributed by atoms with Crippen LogP contribution in [-0.2, 0) is 11.2 Å². The van der Waals surface area contributed by atoms with E-state index in [4.69, 9.17) is 9.72 Å². The highest BCUT2D eigenvalue weighted by atomic mass is 19.1. The molecule has 0 saturated heterocycles. The van der Waals surface area contributed by atoms with Crippen molar-refractivity contribution < 1.29 is 23.7 Å². The van der Waals surface area contributed by atoms with Crippen LogP contribution >= 0.6 is 0 Å². The predicted octanol–water partition coefficient (Wildman–Crippen LogP) is 3.60. The van der Waals surface area contributed by atoms with E-state index in [0.717, 1.165) is 17.7 Å². The average molecular weight is 562 g/mol. The maximum Gasteiger partial charge on any atom is 0.351 e. The van der Waals surface area contributed by atoms with Gasteiger partial charge in [0.1, 0.15) is 11.5 Å². The molecule has 0 aliphatic carbocycles. The molecule has 0 bridgehead atoms. The van der Waals surface area contributed by atoms with Crippen molar-refractivity contribution in [3.8, 4) is 5.75 Å². The summed E-state index contributed by atoms with van der Waals surface area (Å²) in [5.41, 5.74) is 3.28. The standard InChI is InChI=1S/C29H33FN8O3/c1-16(2)32-28(40)25-19(30)7-6-8-20(25)33-27-18-9-11-31-26(18)35-29(36-27)34-21-14-22-17(13-23(21)41-5)10-12-38(22)24(39)15-37(3)4/h6-9,11,13-14,16H,10,12,15H2,1-5H3,(H,32,40)(H3,31,33,34,35,36)/p+1. The van der Waals surface area contributed by atoms with E-state index in [1.807, 2.05) is 51.0 Å². The molecule has 0 unspecified atom stereocenters. The van der Waals surface area contributed by atoms with Crippen molar-refractivity contribution in [2.75, 3.05) is 49.8 Å². The Morgan fingerprint density at radius 1 is 1.20 bits per heavy atom. The number of ether oxygens (including phenoxy) is 1. The summed E-state index contributed by atoms with van der Waals surface area (Å²) in [6.07, 6.45) is 2.48. The molecule has 1 aliphatic rings. The molecule has 0 spiro atoms. The van der Waals surface area contributed by atoms with Crippen molar-refractivity contribution >= 4 is 51.7 Å². The van der Waals surface area contributed by atoms with Gasteiger partial charge in [-0.05, 0) is 64.2 Å². The van der Waals surface area contributed by atoms with Gasteiger partial charge < -0.3 is 25.2 Å². The monoisotopic (exact) mass is 561 g/mol. The van der Waals surface area contributed by atoms with Gasteiger partial charge in [0, 0.05) is 24.8 Å². The minimum absolute atomic E-state index is 0.0150. The number of halogens is 1. The van der Waals surface area contributed by atoms with Gasteiger partial charge >= 0.3 is 5.95 Å². The Kier molecular flexibility index (Phi) is 7.75. The Labute approximate surface area is 237 Å². The number of nitrogens with one attached hydrogen (secondary N) is 5. The first-order valence-corrected chi connectivity index (χ1v) is 13.3. The van der Waals surface area contributed by atoms with E-state index in [1.54, 1.807) is 24.3 Å². The molecule has 41 heavy (non-hydrogen) atoms. The molecule has 0 radical (unpaired) electrons. The molecule has 4 aromatic rings. The molecule has 0 fully saturated rings. The second-order valence-electron chi connectivity index (χ2n) is 10.5. The molecule has 11 nitrogen and oxygen atoms in total. The lowest BCUT2D eigenvalue weighted by molar-refractivity contribution is -0.333. The molecule has 0 saturated carbocycles. The summed E-state index contributed by atoms with van der Waals surface area (Å²) >= 11 is 0. The number of anilines is 5. The lowest BCUT2D eigenvalue weighted by Crippen LogP contribution is -2.36. The maximum absolute atomic E-state index is 14.8. The predicted molar refractivity (Wildman–Crippen MR) is 156 cm³/mol. The summed E-state index contributed by atoms with van der Waals surface area (Å²) in [7, 11) is 5.31. The minimum Gasteiger partial charge on any atom is -0.493 e. The Morgan fingerprint density at radius 2 is 2.00 bits per heavy atom. The highest BCUT2D eigenvalue weighted by molar-refractivity contribution is 6.02. The number of methoxy groups -OCH3 is 1. The van der Waals surface area contributed by atoms with Gasteiger partial charge in [0.2, 0.25) is 17.4 Å². The third-order valence-electron chi connectivity index (χ3n) is 6.68. The molecular formula is C29H34FN8O3+. The Balaban J connectivity index is 1.51. The number of hydrogen-bond acceptors (Lipinski definition) is 7. The van der Waals surface area contributed by atoms with Crippen LogP contribution in [0, 0.1) is 5.82 Å². The average Bonchev–Trinajstić information content (AvgIpc) is 3.54. The lowest BCUT2D eigenvalue weighted by Gasteiger charge is -2.20. The first-order chi connectivity index (χ1) is 19.6. The fourth-order valence-corrected chi connectivity index (χ4v) is 4.89. The smallest absolute Gasteiger partial charge is 0.351 e. The topological polar surface area (TPSA) is 129 Å². The summed E-state index contributed by atoms with van der Waals surface area (Å²) in [5.74, 6) is 0.198. The molecule has 2 aromatic carbocycles. The van der Waals surface area contributed by atoms with Gasteiger partial charge in [-0.15, -0.1) is 0 Å². The van der Waals surface area contributed by atoms with Gasteiger partial charge in [-0.3, -0.25) is 19.9 Å². The summed E-state index contributed by atoms with van der Waals surface area (Å²) in [6.45, 7) is 4.53. The van der Waals surface area contributed by atoms with Crippen LogP contribution in [0.2, 0.25) is 0 Å². The maximum atomic E-state index is 14.8. The second kappa shape index (κ2) is 11.4. The van der Waals surface area contributed by atoms with Crippen LogP contribution in [0.15, 0.2) is 42.6 Å². The van der Waals surface area contributed by atoms with E-state index in [0.29, 0.717) is 47.3 Å². The molecule has 3 heterocycles. The molecule has 5 N–H and O–H groups in total. The molecule has 5 rings (SSSR count). The van der Waals surface area contributed by atoms with Crippen LogP contribution in [0.5, 0.6) is 5.75 Å². The van der Waals surface area contributed by atoms with Crippen LogP contribution in [0.1, 0.15) is 29.8 Å². The van der Waals surface area contributed by atoms with Crippen LogP contribution in [0.25, 0.3) is 11.0 Å². The van der Waals surface area contributed by atoms with Crippen molar-refractivity contribution in [3.63, 3.8) is 0 Å². The zero-order valence-corrected chi connectivity index (χ0v) is 23.7. The number of amides is 2. The fraction of sp³-hybridized carbons (Fsp3) is 0.310. The van der Waals surface area contributed by atoms with E-state index in [-0.39, 0.29) is 23.2 Å². The number of carbonyl (C=O) groups excluding carboxylic acids is 2. The molecular weight excluding hydrogens is 527 g/mol. The molecule has 2 amide bonds. The number of rotatable bonds is 9. The van der Waals surface area contributed by atoms with Gasteiger partial charge in [-0.1, -0.05) is 11.1 Å². The van der Waals surface area contributed by atoms with E-state index in [2.05, 4.69) is 25.9 Å². The molecule has 2 aromatic heterocycles. The number of fused-ring (bicyclic) bond motifs is 2. The van der Waals surface area contributed by atoms with Gasteiger partial charge in [-0.25, -0.2) is 9.37 Å². The molecule has 0 atom stereocenters. The molecule has 1 aliphatic heterocycles. The lowest BCUT2D eigenvalue weighted by atomic mass is 10.1. The Hall–Kier alpha value is -4.71. The number of aromatic amines is 2. The Morgan fingerprint density at radius 3 is 2.73 bits per heavy atom. The van der Waals surface area contributed by atoms with Crippen molar-refractivity contribution in [3.05, 3.63) is 59.5 Å². The van der Waals surface area contributed by atoms with Gasteiger partial charge in [0.25, 0.3) is 5.91 Å². The normalized spacial score (nSPS) is 12.6. The number of benzene rings is 2. The van der Waals surface area contributed by atoms with Gasteiger partial charge in [0.05, 0.1) is 36.0 Å². The van der Waals surface area contributed by atoms with Crippen LogP contribution < -0.4 is 30.6 Å². The van der Waals surface area contributed by atoms with Crippen LogP contribution in [0.4, 0.5) is 33.2 Å². The highest BCUT2D eigenvalue weighted by Gasteiger charge is 2.28. The zero-order valence-electron chi connectivity index (χ0n) is 23.7. The third-order valence-corrected chi connectivity index (χ3v) is 6.68. The van der Waals surface area contributed by atoms with Crippen molar-refractivity contribution in [1.82, 2.24) is 20.2 Å². The number of aromatic nitrogens is 3. The number of likely N-dealkylation sites (N-methyl/N-ethyl adjacent to an activating group) is 1. The van der Waals surface area contributed by atoms with Crippen LogP contribution in [0.3, 0.4) is 0 Å². The number of hydrogen-bond donors (Lipinski definition) is 4. The highest BCUT2D eigenvalue weighted by Crippen LogP contribution is 2.38. The number of nitrogens with zero attached hydrogens (tertiary/aromatic N) is 3. The van der Waals surface area contributed by atoms with Gasteiger partial charge in [-0.2, -0.15) is 0 Å². The largest absolute Gasteiger partial charge is 0.493 e. The summed E-state index contributed by atoms with van der Waals surface area (Å²) in [6, 6.07) is 9.88. The quantitative estimate of drug-likeness (QED) is 0.246. The van der Waals surface area contributed by atoms with Crippen molar-refractivity contribution in [1.29, 1.82) is 0 Å². The number of H-pyrrole nitrogens is 2. The van der Waals surface area contributed by atoms with Gasteiger partial charge in [0.15, 0.2) is 5.75 Å². The molecule has 214 valence electrons. The SMILES string of the molecule is COc1cc2c(cc1Nc1nc(Nc3cccc(F)c3C(=O)NC(C)C)c3cc[nH]c3[nH+]1)N(C(=O)CN(C)C)CC2. The zero-order chi connectivity index (χ0) is 29.3. The minimum atomic E-state index is -0.643. The third kappa shape index (κ3) is 5.78. The first-order valence-electron chi connectivity index (χ1n) is 13.3. The van der Waals surface area contributed by atoms with E-state index in [9.17, 15) is 14.0 Å². The van der Waals surface area contributed by atoms with Crippen LogP contribution in [-0.4, -0.2) is 67.0 Å². The second-order valence-corrected chi connectivity index (χ2v) is 10.5. The summed E-state index contributed by atoms with van der Waals surface area (Å²) in [4.78, 5) is 40.4. The van der Waals surface area contributed by atoms with E-state index in [1.165, 1.54) is 12.1 Å². The van der Waals surface area contributed by atoms with Crippen molar-refractivity contribution in [2.45, 2.75) is 26.3 Å². The summed E-state index contributed by atoms with van der Waals surface area (Å²) in [5, 5.41) is 9.89. The number of carbonyl (C=O) groups is 2. The van der Waals surface area contributed by atoms with E-state index >= 15 is 0 Å². The summed E-state index contributed by atoms with van der Waals surface area (Å²) < 4.78 is 20.5. The Bertz CT molecular complexity index is 1620. The molecule has 12 heteroatoms.